The van der Waals surface area contributed by atoms with E-state index in [1.54, 1.807) is 9.95 Å². The van der Waals surface area contributed by atoms with Crippen molar-refractivity contribution in [1.82, 2.24) is 9.88 Å². The quantitative estimate of drug-likeness (QED) is 0.587. The summed E-state index contributed by atoms with van der Waals surface area (Å²) in [6, 6.07) is 5.44. The second-order valence-corrected chi connectivity index (χ2v) is 6.03. The number of hydrogen-bond donors (Lipinski definition) is 1. The predicted molar refractivity (Wildman–Crippen MR) is 89.4 cm³/mol. The summed E-state index contributed by atoms with van der Waals surface area (Å²) < 4.78 is 42.4. The minimum absolute atomic E-state index is 0.140. The fraction of sp³-hybridized carbons (Fsp3) is 0.312. The van der Waals surface area contributed by atoms with Crippen molar-refractivity contribution in [2.75, 3.05) is 6.54 Å². The highest BCUT2D eigenvalue weighted by molar-refractivity contribution is 7.07. The Balaban J connectivity index is 2.24. The number of nitrogens with one attached hydrogen (secondary N) is 1. The smallest absolute Gasteiger partial charge is 0.406 e. The van der Waals surface area contributed by atoms with E-state index in [0.717, 1.165) is 0 Å². The molecule has 26 heavy (non-hydrogen) atoms. The normalized spacial score (nSPS) is 12.1. The van der Waals surface area contributed by atoms with Gasteiger partial charge in [0.25, 0.3) is 0 Å². The maximum atomic E-state index is 12.2. The third kappa shape index (κ3) is 5.73. The van der Waals surface area contributed by atoms with Crippen molar-refractivity contribution < 1.29 is 27.5 Å². The molecule has 0 spiro atoms. The van der Waals surface area contributed by atoms with E-state index in [0.29, 0.717) is 42.0 Å². The molecule has 0 bridgehead atoms. The lowest BCUT2D eigenvalue weighted by atomic mass is 10.1. The van der Waals surface area contributed by atoms with Crippen LogP contribution in [0.3, 0.4) is 0 Å². The summed E-state index contributed by atoms with van der Waals surface area (Å²) in [4.78, 5) is 25.9. The van der Waals surface area contributed by atoms with Gasteiger partial charge in [-0.05, 0) is 36.2 Å². The van der Waals surface area contributed by atoms with E-state index in [4.69, 9.17) is 0 Å². The number of thiazole rings is 1. The number of halogens is 3. The SMILES string of the molecule is CC(=O)NCCCn1c(-c2ccc(OC(F)(F)F)cc2)csc1=NC=O. The molecule has 2 rings (SSSR count). The summed E-state index contributed by atoms with van der Waals surface area (Å²) >= 11 is 1.24. The van der Waals surface area contributed by atoms with Crippen LogP contribution in [0.4, 0.5) is 13.2 Å². The summed E-state index contributed by atoms with van der Waals surface area (Å²) in [7, 11) is 0. The maximum Gasteiger partial charge on any atom is 0.573 e. The third-order valence-corrected chi connectivity index (χ3v) is 4.15. The first-order valence-electron chi connectivity index (χ1n) is 7.56. The number of rotatable bonds is 7. The third-order valence-electron chi connectivity index (χ3n) is 3.28. The molecule has 0 aliphatic carbocycles. The highest BCUT2D eigenvalue weighted by Gasteiger charge is 2.31. The molecule has 1 aromatic carbocycles. The zero-order chi connectivity index (χ0) is 19.2. The van der Waals surface area contributed by atoms with Gasteiger partial charge in [-0.15, -0.1) is 24.5 Å². The molecule has 10 heteroatoms. The minimum Gasteiger partial charge on any atom is -0.406 e. The van der Waals surface area contributed by atoms with E-state index in [9.17, 15) is 22.8 Å². The van der Waals surface area contributed by atoms with Crippen LogP contribution in [0.2, 0.25) is 0 Å². The molecule has 1 N–H and O–H groups in total. The monoisotopic (exact) mass is 387 g/mol. The Morgan fingerprint density at radius 1 is 1.35 bits per heavy atom. The molecule has 2 amide bonds. The Morgan fingerprint density at radius 3 is 2.62 bits per heavy atom. The van der Waals surface area contributed by atoms with Crippen LogP contribution in [0.25, 0.3) is 11.3 Å². The van der Waals surface area contributed by atoms with E-state index in [1.165, 1.54) is 42.5 Å². The first kappa shape index (κ1) is 19.7. The molecule has 6 nitrogen and oxygen atoms in total. The fourth-order valence-electron chi connectivity index (χ4n) is 2.25. The number of carbonyl (C=O) groups is 2. The number of alkyl halides is 3. The van der Waals surface area contributed by atoms with Gasteiger partial charge >= 0.3 is 6.36 Å². The van der Waals surface area contributed by atoms with Crippen LogP contribution in [0.15, 0.2) is 34.6 Å². The van der Waals surface area contributed by atoms with Gasteiger partial charge in [0.1, 0.15) is 5.75 Å². The van der Waals surface area contributed by atoms with Crippen molar-refractivity contribution in [3.63, 3.8) is 0 Å². The molecular weight excluding hydrogens is 371 g/mol. The average Bonchev–Trinajstić information content (AvgIpc) is 2.94. The van der Waals surface area contributed by atoms with E-state index < -0.39 is 6.36 Å². The second-order valence-electron chi connectivity index (χ2n) is 5.20. The Bertz CT molecular complexity index is 826. The van der Waals surface area contributed by atoms with Crippen molar-refractivity contribution in [3.8, 4) is 17.0 Å². The molecule has 0 saturated heterocycles. The topological polar surface area (TPSA) is 72.7 Å². The van der Waals surface area contributed by atoms with Crippen molar-refractivity contribution in [2.45, 2.75) is 26.3 Å². The Labute approximate surface area is 150 Å². The van der Waals surface area contributed by atoms with E-state index >= 15 is 0 Å². The zero-order valence-electron chi connectivity index (χ0n) is 13.7. The summed E-state index contributed by atoms with van der Waals surface area (Å²) in [6.07, 6.45) is -3.71. The number of aromatic nitrogens is 1. The number of hydrogen-bond acceptors (Lipinski definition) is 4. The van der Waals surface area contributed by atoms with Crippen LogP contribution in [-0.2, 0) is 16.1 Å². The number of amides is 2. The highest BCUT2D eigenvalue weighted by Crippen LogP contribution is 2.27. The summed E-state index contributed by atoms with van der Waals surface area (Å²) in [5, 5.41) is 4.44. The molecule has 0 radical (unpaired) electrons. The predicted octanol–water partition coefficient (Wildman–Crippen LogP) is 2.70. The molecule has 0 unspecified atom stereocenters. The van der Waals surface area contributed by atoms with Gasteiger partial charge in [-0.25, -0.2) is 0 Å². The van der Waals surface area contributed by atoms with Gasteiger partial charge in [-0.2, -0.15) is 4.99 Å². The van der Waals surface area contributed by atoms with Gasteiger partial charge in [0.2, 0.25) is 12.3 Å². The number of benzene rings is 1. The summed E-state index contributed by atoms with van der Waals surface area (Å²) in [5.41, 5.74) is 1.36. The summed E-state index contributed by atoms with van der Waals surface area (Å²) in [5.74, 6) is -0.454. The van der Waals surface area contributed by atoms with Crippen LogP contribution >= 0.6 is 11.3 Å². The lowest BCUT2D eigenvalue weighted by Gasteiger charge is -2.11. The van der Waals surface area contributed by atoms with E-state index in [2.05, 4.69) is 15.0 Å². The van der Waals surface area contributed by atoms with E-state index in [-0.39, 0.29) is 11.7 Å². The molecule has 0 saturated carbocycles. The maximum absolute atomic E-state index is 12.2. The highest BCUT2D eigenvalue weighted by atomic mass is 32.1. The molecule has 0 aliphatic heterocycles. The van der Waals surface area contributed by atoms with Crippen LogP contribution in [0.5, 0.6) is 5.75 Å². The van der Waals surface area contributed by atoms with Gasteiger partial charge in [0.15, 0.2) is 4.80 Å². The number of ether oxygens (including phenoxy) is 1. The fourth-order valence-corrected chi connectivity index (χ4v) is 3.15. The van der Waals surface area contributed by atoms with Crippen molar-refractivity contribution in [1.29, 1.82) is 0 Å². The summed E-state index contributed by atoms with van der Waals surface area (Å²) in [6.45, 7) is 2.35. The zero-order valence-corrected chi connectivity index (χ0v) is 14.6. The lowest BCUT2D eigenvalue weighted by molar-refractivity contribution is -0.274. The van der Waals surface area contributed by atoms with Gasteiger partial charge in [-0.1, -0.05) is 0 Å². The van der Waals surface area contributed by atoms with Crippen molar-refractivity contribution in [2.24, 2.45) is 4.99 Å². The van der Waals surface area contributed by atoms with Gasteiger partial charge in [0, 0.05) is 25.4 Å². The van der Waals surface area contributed by atoms with Gasteiger partial charge < -0.3 is 14.6 Å². The molecule has 0 fully saturated rings. The van der Waals surface area contributed by atoms with Crippen LogP contribution in [-0.4, -0.2) is 29.8 Å². The Hall–Kier alpha value is -2.62. The van der Waals surface area contributed by atoms with Crippen LogP contribution in [0.1, 0.15) is 13.3 Å². The molecule has 0 aliphatic rings. The Kier molecular flexibility index (Phi) is 6.56. The minimum atomic E-state index is -4.75. The lowest BCUT2D eigenvalue weighted by Crippen LogP contribution is -2.24. The van der Waals surface area contributed by atoms with Gasteiger partial charge in [-0.3, -0.25) is 9.59 Å². The van der Waals surface area contributed by atoms with Crippen molar-refractivity contribution >= 4 is 23.7 Å². The first-order chi connectivity index (χ1) is 12.3. The first-order valence-corrected chi connectivity index (χ1v) is 8.44. The molecule has 1 aromatic heterocycles. The van der Waals surface area contributed by atoms with Crippen LogP contribution in [0, 0.1) is 0 Å². The molecule has 1 heterocycles. The standard InChI is InChI=1S/C16H16F3N3O3S/c1-11(24)20-7-2-8-22-14(9-26-15(22)21-10-23)12-3-5-13(6-4-12)25-16(17,18)19/h3-6,9-10H,2,7-8H2,1H3,(H,20,24). The largest absolute Gasteiger partial charge is 0.573 e. The molecule has 0 atom stereocenters. The Morgan fingerprint density at radius 2 is 2.04 bits per heavy atom. The van der Waals surface area contributed by atoms with Crippen molar-refractivity contribution in [3.05, 3.63) is 34.4 Å². The average molecular weight is 387 g/mol. The number of carbonyl (C=O) groups excluding carboxylic acids is 2. The number of nitrogens with zero attached hydrogens (tertiary/aromatic N) is 2. The second kappa shape index (κ2) is 8.65. The van der Waals surface area contributed by atoms with Gasteiger partial charge in [0.05, 0.1) is 5.69 Å². The molecule has 140 valence electrons. The molecule has 2 aromatic rings. The van der Waals surface area contributed by atoms with E-state index in [1.807, 2.05) is 0 Å². The molecular formula is C16H16F3N3O3S. The van der Waals surface area contributed by atoms with Crippen LogP contribution < -0.4 is 14.9 Å².